The first-order chi connectivity index (χ1) is 9.98. The number of imide groups is 1. The van der Waals surface area contributed by atoms with E-state index in [0.717, 1.165) is 25.7 Å². The Bertz CT molecular complexity index is 453. The summed E-state index contributed by atoms with van der Waals surface area (Å²) in [6.45, 7) is 0.981. The maximum absolute atomic E-state index is 13.9. The summed E-state index contributed by atoms with van der Waals surface area (Å²) in [5.74, 6) is -0.127. The monoisotopic (exact) mass is 299 g/mol. The number of amides is 3. The smallest absolute Gasteiger partial charge is 0.325 e. The molecule has 118 valence electrons. The standard InChI is InChI=1S/C14H22FN3O3/c15-13(10-19)5-6-17(9-13)7-8-18-11(20)14(16-12(18)21)3-1-2-4-14/h19H,1-10H2,(H,16,21). The average molecular weight is 299 g/mol. The van der Waals surface area contributed by atoms with Crippen LogP contribution in [0.1, 0.15) is 32.1 Å². The molecule has 2 aliphatic heterocycles. The number of carbonyl (C=O) groups is 2. The maximum atomic E-state index is 13.9. The Balaban J connectivity index is 1.56. The van der Waals surface area contributed by atoms with Gasteiger partial charge in [0.15, 0.2) is 0 Å². The van der Waals surface area contributed by atoms with E-state index in [2.05, 4.69) is 5.32 Å². The number of nitrogens with one attached hydrogen (secondary N) is 1. The van der Waals surface area contributed by atoms with Gasteiger partial charge in [-0.3, -0.25) is 14.6 Å². The lowest BCUT2D eigenvalue weighted by Gasteiger charge is -2.22. The van der Waals surface area contributed by atoms with E-state index in [4.69, 9.17) is 5.11 Å². The molecule has 0 aromatic carbocycles. The van der Waals surface area contributed by atoms with Crippen molar-refractivity contribution in [1.29, 1.82) is 0 Å². The fraction of sp³-hybridized carbons (Fsp3) is 0.857. The van der Waals surface area contributed by atoms with E-state index < -0.39 is 17.8 Å². The Labute approximate surface area is 123 Å². The molecule has 6 nitrogen and oxygen atoms in total. The second-order valence-corrected chi connectivity index (χ2v) is 6.51. The summed E-state index contributed by atoms with van der Waals surface area (Å²) in [5, 5.41) is 11.9. The van der Waals surface area contributed by atoms with Crippen molar-refractivity contribution in [2.45, 2.75) is 43.3 Å². The van der Waals surface area contributed by atoms with E-state index in [-0.39, 0.29) is 25.0 Å². The zero-order chi connectivity index (χ0) is 15.1. The normalized spacial score (nSPS) is 32.4. The molecule has 21 heavy (non-hydrogen) atoms. The van der Waals surface area contributed by atoms with Gasteiger partial charge in [0.1, 0.15) is 11.2 Å². The van der Waals surface area contributed by atoms with Gasteiger partial charge in [-0.05, 0) is 19.3 Å². The summed E-state index contributed by atoms with van der Waals surface area (Å²) >= 11 is 0. The zero-order valence-electron chi connectivity index (χ0n) is 12.1. The van der Waals surface area contributed by atoms with E-state index in [1.54, 1.807) is 0 Å². The Morgan fingerprint density at radius 2 is 1.90 bits per heavy atom. The summed E-state index contributed by atoms with van der Waals surface area (Å²) < 4.78 is 13.9. The lowest BCUT2D eigenvalue weighted by Crippen LogP contribution is -2.44. The third-order valence-electron chi connectivity index (χ3n) is 5.01. The predicted octanol–water partition coefficient (Wildman–Crippen LogP) is 0.257. The summed E-state index contributed by atoms with van der Waals surface area (Å²) in [5.41, 5.74) is -2.21. The molecule has 3 aliphatic rings. The molecule has 1 spiro atoms. The van der Waals surface area contributed by atoms with Crippen LogP contribution < -0.4 is 5.32 Å². The van der Waals surface area contributed by atoms with Crippen molar-refractivity contribution in [2.75, 3.05) is 32.8 Å². The summed E-state index contributed by atoms with van der Waals surface area (Å²) in [6.07, 6.45) is 3.67. The van der Waals surface area contributed by atoms with E-state index in [9.17, 15) is 14.0 Å². The third kappa shape index (κ3) is 2.53. The molecular formula is C14H22FN3O3. The number of urea groups is 1. The second kappa shape index (κ2) is 5.21. The number of likely N-dealkylation sites (tertiary alicyclic amines) is 1. The number of aliphatic hydroxyl groups excluding tert-OH is 1. The molecule has 0 aromatic rings. The van der Waals surface area contributed by atoms with Crippen LogP contribution in [0.3, 0.4) is 0 Å². The minimum absolute atomic E-state index is 0.127. The van der Waals surface area contributed by atoms with Crippen LogP contribution in [0.2, 0.25) is 0 Å². The zero-order valence-corrected chi connectivity index (χ0v) is 12.1. The molecule has 3 fully saturated rings. The van der Waals surface area contributed by atoms with E-state index in [1.165, 1.54) is 4.90 Å². The van der Waals surface area contributed by atoms with Crippen LogP contribution in [0.5, 0.6) is 0 Å². The number of alkyl halides is 1. The number of hydrogen-bond acceptors (Lipinski definition) is 4. The van der Waals surface area contributed by atoms with Crippen molar-refractivity contribution in [3.63, 3.8) is 0 Å². The van der Waals surface area contributed by atoms with Gasteiger partial charge >= 0.3 is 6.03 Å². The Kier molecular flexibility index (Phi) is 3.65. The minimum Gasteiger partial charge on any atom is -0.393 e. The fourth-order valence-electron chi connectivity index (χ4n) is 3.68. The lowest BCUT2D eigenvalue weighted by molar-refractivity contribution is -0.131. The summed E-state index contributed by atoms with van der Waals surface area (Å²) in [6, 6.07) is -0.324. The molecule has 0 radical (unpaired) electrons. The molecule has 3 rings (SSSR count). The molecule has 0 bridgehead atoms. The van der Waals surface area contributed by atoms with Crippen LogP contribution in [0.25, 0.3) is 0 Å². The van der Waals surface area contributed by atoms with Gasteiger partial charge in [-0.2, -0.15) is 0 Å². The van der Waals surface area contributed by atoms with Crippen molar-refractivity contribution in [1.82, 2.24) is 15.1 Å². The number of nitrogens with zero attached hydrogens (tertiary/aromatic N) is 2. The van der Waals surface area contributed by atoms with Crippen LogP contribution in [-0.2, 0) is 4.79 Å². The molecule has 1 unspecified atom stereocenters. The maximum Gasteiger partial charge on any atom is 0.325 e. The highest BCUT2D eigenvalue weighted by atomic mass is 19.1. The van der Waals surface area contributed by atoms with Gasteiger partial charge in [-0.1, -0.05) is 12.8 Å². The molecule has 0 aromatic heterocycles. The molecule has 2 N–H and O–H groups in total. The highest BCUT2D eigenvalue weighted by Gasteiger charge is 2.52. The number of aliphatic hydroxyl groups is 1. The molecule has 1 atom stereocenters. The van der Waals surface area contributed by atoms with Gasteiger partial charge in [-0.25, -0.2) is 9.18 Å². The molecule has 1 aliphatic carbocycles. The van der Waals surface area contributed by atoms with Crippen molar-refractivity contribution in [2.24, 2.45) is 0 Å². The summed E-state index contributed by atoms with van der Waals surface area (Å²) in [7, 11) is 0. The van der Waals surface area contributed by atoms with Crippen LogP contribution in [0, 0.1) is 0 Å². The minimum atomic E-state index is -1.54. The topological polar surface area (TPSA) is 72.9 Å². The Hall–Kier alpha value is -1.21. The van der Waals surface area contributed by atoms with Gasteiger partial charge in [0.2, 0.25) is 0 Å². The quantitative estimate of drug-likeness (QED) is 0.730. The summed E-state index contributed by atoms with van der Waals surface area (Å²) in [4.78, 5) is 27.6. The highest BCUT2D eigenvalue weighted by molar-refractivity contribution is 6.07. The molecular weight excluding hydrogens is 277 g/mol. The lowest BCUT2D eigenvalue weighted by atomic mass is 9.98. The van der Waals surface area contributed by atoms with Gasteiger partial charge in [0, 0.05) is 26.2 Å². The first-order valence-electron chi connectivity index (χ1n) is 7.64. The average Bonchev–Trinajstić information content (AvgIpc) is 3.12. The third-order valence-corrected chi connectivity index (χ3v) is 5.01. The number of hydrogen-bond donors (Lipinski definition) is 2. The van der Waals surface area contributed by atoms with Crippen molar-refractivity contribution in [3.8, 4) is 0 Å². The number of carbonyl (C=O) groups excluding carboxylic acids is 2. The number of halogens is 1. The van der Waals surface area contributed by atoms with Gasteiger partial charge in [0.25, 0.3) is 5.91 Å². The van der Waals surface area contributed by atoms with Crippen LogP contribution in [-0.4, -0.2) is 70.8 Å². The second-order valence-electron chi connectivity index (χ2n) is 6.51. The SMILES string of the molecule is O=C1NC2(CCCC2)C(=O)N1CCN1CCC(F)(CO)C1. The molecule has 7 heteroatoms. The van der Waals surface area contributed by atoms with Gasteiger partial charge < -0.3 is 10.4 Å². The predicted molar refractivity (Wildman–Crippen MR) is 73.4 cm³/mol. The van der Waals surface area contributed by atoms with Gasteiger partial charge in [0.05, 0.1) is 6.61 Å². The van der Waals surface area contributed by atoms with E-state index in [1.807, 2.05) is 4.90 Å². The van der Waals surface area contributed by atoms with Crippen molar-refractivity contribution in [3.05, 3.63) is 0 Å². The molecule has 3 amide bonds. The first-order valence-corrected chi connectivity index (χ1v) is 7.64. The first kappa shape index (κ1) is 14.7. The Morgan fingerprint density at radius 3 is 2.52 bits per heavy atom. The van der Waals surface area contributed by atoms with Crippen molar-refractivity contribution >= 4 is 11.9 Å². The largest absolute Gasteiger partial charge is 0.393 e. The Morgan fingerprint density at radius 1 is 1.19 bits per heavy atom. The van der Waals surface area contributed by atoms with Crippen LogP contribution in [0.4, 0.5) is 9.18 Å². The van der Waals surface area contributed by atoms with Crippen LogP contribution >= 0.6 is 0 Å². The van der Waals surface area contributed by atoms with Crippen molar-refractivity contribution < 1.29 is 19.1 Å². The highest BCUT2D eigenvalue weighted by Crippen LogP contribution is 2.35. The van der Waals surface area contributed by atoms with E-state index in [0.29, 0.717) is 19.5 Å². The number of rotatable bonds is 4. The molecule has 2 saturated heterocycles. The van der Waals surface area contributed by atoms with Crippen LogP contribution in [0.15, 0.2) is 0 Å². The molecule has 2 heterocycles. The molecule has 1 saturated carbocycles. The van der Waals surface area contributed by atoms with E-state index >= 15 is 0 Å². The fourth-order valence-corrected chi connectivity index (χ4v) is 3.68. The van der Waals surface area contributed by atoms with Gasteiger partial charge in [-0.15, -0.1) is 0 Å².